The molecule has 1 aromatic carbocycles. The minimum Gasteiger partial charge on any atom is -0.508 e. The lowest BCUT2D eigenvalue weighted by molar-refractivity contribution is 0.350. The van der Waals surface area contributed by atoms with E-state index in [0.29, 0.717) is 16.8 Å². The average Bonchev–Trinajstić information content (AvgIpc) is 3.08. The molecule has 0 aliphatic carbocycles. The number of nitrogens with zero attached hydrogens (tertiary/aromatic N) is 2. The Labute approximate surface area is 148 Å². The molecular weight excluding hydrogens is 334 g/mol. The fourth-order valence-electron chi connectivity index (χ4n) is 2.33. The second-order valence-electron chi connectivity index (χ2n) is 5.10. The number of anilines is 1. The summed E-state index contributed by atoms with van der Waals surface area (Å²) in [5.74, 6) is 5.77. The highest BCUT2D eigenvalue weighted by Gasteiger charge is 2.15. The summed E-state index contributed by atoms with van der Waals surface area (Å²) < 4.78 is 0. The highest BCUT2D eigenvalue weighted by Crippen LogP contribution is 2.35. The molecule has 5 nitrogen and oxygen atoms in total. The molecule has 2 heterocycles. The molecule has 6 heteroatoms. The zero-order chi connectivity index (χ0) is 17.8. The molecule has 0 aliphatic rings. The maximum atomic E-state index is 9.45. The van der Waals surface area contributed by atoms with Gasteiger partial charge in [-0.1, -0.05) is 11.8 Å². The van der Waals surface area contributed by atoms with Crippen molar-refractivity contribution in [2.75, 3.05) is 12.3 Å². The van der Waals surface area contributed by atoms with Crippen molar-refractivity contribution in [1.29, 1.82) is 5.26 Å². The number of hydrogen-bond donors (Lipinski definition) is 3. The van der Waals surface area contributed by atoms with E-state index in [2.05, 4.69) is 22.9 Å². The Hall–Kier alpha value is -3.32. The van der Waals surface area contributed by atoms with Gasteiger partial charge >= 0.3 is 0 Å². The summed E-state index contributed by atoms with van der Waals surface area (Å²) in [6.07, 6.45) is 0. The zero-order valence-electron chi connectivity index (χ0n) is 13.0. The first-order chi connectivity index (χ1) is 12.1. The monoisotopic (exact) mass is 347 g/mol. The quantitative estimate of drug-likeness (QED) is 0.618. The smallest absolute Gasteiger partial charge is 0.142 e. The number of phenols is 1. The van der Waals surface area contributed by atoms with E-state index in [1.807, 2.05) is 12.1 Å². The van der Waals surface area contributed by atoms with Crippen molar-refractivity contribution in [1.82, 2.24) is 4.98 Å². The highest BCUT2D eigenvalue weighted by atomic mass is 32.1. The van der Waals surface area contributed by atoms with Crippen molar-refractivity contribution < 1.29 is 10.2 Å². The lowest BCUT2D eigenvalue weighted by Crippen LogP contribution is -1.99. The van der Waals surface area contributed by atoms with Gasteiger partial charge in [0.2, 0.25) is 0 Å². The topological polar surface area (TPSA) is 103 Å². The van der Waals surface area contributed by atoms with Crippen LogP contribution in [-0.2, 0) is 0 Å². The van der Waals surface area contributed by atoms with Crippen LogP contribution in [0.1, 0.15) is 10.4 Å². The van der Waals surface area contributed by atoms with E-state index < -0.39 is 0 Å². The molecule has 4 N–H and O–H groups in total. The van der Waals surface area contributed by atoms with Crippen molar-refractivity contribution >= 4 is 17.2 Å². The zero-order valence-corrected chi connectivity index (χ0v) is 13.8. The van der Waals surface area contributed by atoms with Crippen molar-refractivity contribution in [3.63, 3.8) is 0 Å². The Morgan fingerprint density at radius 3 is 2.60 bits per heavy atom. The predicted molar refractivity (Wildman–Crippen MR) is 97.7 cm³/mol. The third kappa shape index (κ3) is 3.46. The van der Waals surface area contributed by atoms with Gasteiger partial charge in [0.1, 0.15) is 29.8 Å². The number of phenolic OH excluding ortho intramolecular Hbond substituents is 1. The molecule has 3 rings (SSSR count). The number of thiophene rings is 1. The first-order valence-electron chi connectivity index (χ1n) is 7.32. The van der Waals surface area contributed by atoms with Crippen molar-refractivity contribution in [2.24, 2.45) is 0 Å². The van der Waals surface area contributed by atoms with Crippen LogP contribution in [0.5, 0.6) is 5.75 Å². The molecule has 0 saturated heterocycles. The van der Waals surface area contributed by atoms with Gasteiger partial charge in [0.05, 0.1) is 10.6 Å². The number of rotatable bonds is 2. The highest BCUT2D eigenvalue weighted by molar-refractivity contribution is 7.16. The van der Waals surface area contributed by atoms with E-state index in [4.69, 9.17) is 10.8 Å². The molecule has 0 bridgehead atoms. The number of benzene rings is 1. The van der Waals surface area contributed by atoms with Crippen molar-refractivity contribution in [3.05, 3.63) is 52.9 Å². The number of aliphatic hydroxyl groups is 1. The van der Waals surface area contributed by atoms with E-state index in [1.165, 1.54) is 11.3 Å². The fraction of sp³-hybridized carbons (Fsp3) is 0.0526. The molecule has 0 unspecified atom stereocenters. The Kier molecular flexibility index (Phi) is 4.67. The Morgan fingerprint density at radius 1 is 1.16 bits per heavy atom. The van der Waals surface area contributed by atoms with Crippen LogP contribution in [0.4, 0.5) is 5.82 Å². The van der Waals surface area contributed by atoms with E-state index in [1.54, 1.807) is 30.3 Å². The number of aromatic hydroxyl groups is 1. The minimum absolute atomic E-state index is 0.152. The van der Waals surface area contributed by atoms with Crippen LogP contribution in [0.3, 0.4) is 0 Å². The number of aliphatic hydroxyl groups excluding tert-OH is 1. The second-order valence-corrected chi connectivity index (χ2v) is 6.18. The summed E-state index contributed by atoms with van der Waals surface area (Å²) in [4.78, 5) is 5.93. The van der Waals surface area contributed by atoms with Gasteiger partial charge in [-0.2, -0.15) is 5.26 Å². The number of aromatic nitrogens is 1. The first kappa shape index (κ1) is 16.5. The normalized spacial score (nSPS) is 9.92. The van der Waals surface area contributed by atoms with Crippen LogP contribution < -0.4 is 5.73 Å². The number of pyridine rings is 1. The molecule has 0 aliphatic heterocycles. The van der Waals surface area contributed by atoms with Gasteiger partial charge in [0.25, 0.3) is 0 Å². The first-order valence-corrected chi connectivity index (χ1v) is 8.14. The van der Waals surface area contributed by atoms with Crippen LogP contribution in [0.2, 0.25) is 0 Å². The molecule has 25 heavy (non-hydrogen) atoms. The molecule has 0 atom stereocenters. The molecule has 0 amide bonds. The van der Waals surface area contributed by atoms with Crippen molar-refractivity contribution in [2.45, 2.75) is 0 Å². The standard InChI is InChI=1S/C19H13N3O2S/c20-11-16-15(18-8-7-14(25-18)2-1-9-23)10-17(22-19(16)21)12-3-5-13(24)6-4-12/h3-8,10,23-24H,9H2,(H2,21,22). The Balaban J connectivity index is 2.13. The number of nitrogens with two attached hydrogens (primary N) is 1. The van der Waals surface area contributed by atoms with Gasteiger partial charge in [-0.05, 0) is 42.5 Å². The van der Waals surface area contributed by atoms with Gasteiger partial charge in [0, 0.05) is 16.0 Å². The molecule has 0 saturated carbocycles. The van der Waals surface area contributed by atoms with Crippen LogP contribution in [0.25, 0.3) is 21.7 Å². The lowest BCUT2D eigenvalue weighted by atomic mass is 10.0. The molecule has 122 valence electrons. The molecular formula is C19H13N3O2S. The van der Waals surface area contributed by atoms with E-state index in [0.717, 1.165) is 15.3 Å². The second kappa shape index (κ2) is 7.06. The average molecular weight is 347 g/mol. The third-order valence-corrected chi connectivity index (χ3v) is 4.52. The summed E-state index contributed by atoms with van der Waals surface area (Å²) in [5.41, 5.74) is 8.37. The number of nitrogen functional groups attached to an aromatic ring is 1. The fourth-order valence-corrected chi connectivity index (χ4v) is 3.24. The molecule has 0 fully saturated rings. The number of hydrogen-bond acceptors (Lipinski definition) is 6. The third-order valence-electron chi connectivity index (χ3n) is 3.48. The molecule has 0 radical (unpaired) electrons. The molecule has 2 aromatic heterocycles. The summed E-state index contributed by atoms with van der Waals surface area (Å²) >= 11 is 1.41. The summed E-state index contributed by atoms with van der Waals surface area (Å²) in [5, 5.41) is 27.7. The van der Waals surface area contributed by atoms with E-state index in [-0.39, 0.29) is 18.2 Å². The minimum atomic E-state index is -0.204. The summed E-state index contributed by atoms with van der Waals surface area (Å²) in [6.45, 7) is -0.204. The lowest BCUT2D eigenvalue weighted by Gasteiger charge is -2.08. The maximum Gasteiger partial charge on any atom is 0.142 e. The Bertz CT molecular complexity index is 1020. The van der Waals surface area contributed by atoms with E-state index >= 15 is 0 Å². The van der Waals surface area contributed by atoms with Crippen LogP contribution in [0, 0.1) is 23.2 Å². The Morgan fingerprint density at radius 2 is 1.92 bits per heavy atom. The van der Waals surface area contributed by atoms with Gasteiger partial charge in [-0.15, -0.1) is 11.3 Å². The van der Waals surface area contributed by atoms with Gasteiger partial charge in [-0.3, -0.25) is 0 Å². The SMILES string of the molecule is N#Cc1c(-c2ccc(C#CCO)s2)cc(-c2ccc(O)cc2)nc1N. The molecule has 0 spiro atoms. The van der Waals surface area contributed by atoms with Gasteiger partial charge in [-0.25, -0.2) is 4.98 Å². The predicted octanol–water partition coefficient (Wildman–Crippen LogP) is 2.98. The van der Waals surface area contributed by atoms with Crippen LogP contribution in [-0.4, -0.2) is 21.8 Å². The largest absolute Gasteiger partial charge is 0.508 e. The summed E-state index contributed by atoms with van der Waals surface area (Å²) in [6, 6.07) is 14.2. The van der Waals surface area contributed by atoms with E-state index in [9.17, 15) is 10.4 Å². The van der Waals surface area contributed by atoms with Gasteiger partial charge < -0.3 is 15.9 Å². The summed E-state index contributed by atoms with van der Waals surface area (Å²) in [7, 11) is 0. The maximum absolute atomic E-state index is 9.45. The van der Waals surface area contributed by atoms with Crippen LogP contribution in [0.15, 0.2) is 42.5 Å². The van der Waals surface area contributed by atoms with Crippen molar-refractivity contribution in [3.8, 4) is 45.4 Å². The number of nitriles is 1. The molecule has 3 aromatic rings. The van der Waals surface area contributed by atoms with Crippen LogP contribution >= 0.6 is 11.3 Å². The van der Waals surface area contributed by atoms with Gasteiger partial charge in [0.15, 0.2) is 0 Å².